The zero-order chi connectivity index (χ0) is 22.7. The van der Waals surface area contributed by atoms with Crippen LogP contribution in [0.4, 0.5) is 10.7 Å². The highest BCUT2D eigenvalue weighted by atomic mass is 35.5. The van der Waals surface area contributed by atoms with E-state index in [-0.39, 0.29) is 23.7 Å². The smallest absolute Gasteiger partial charge is 0.409 e. The van der Waals surface area contributed by atoms with Crippen molar-refractivity contribution in [3.05, 3.63) is 51.9 Å². The van der Waals surface area contributed by atoms with Gasteiger partial charge in [-0.2, -0.15) is 4.98 Å². The molecule has 33 heavy (non-hydrogen) atoms. The summed E-state index contributed by atoms with van der Waals surface area (Å²) in [6.07, 6.45) is 3.45. The molecule has 3 aliphatic rings. The van der Waals surface area contributed by atoms with Gasteiger partial charge < -0.3 is 15.0 Å². The molecule has 1 amide bonds. The Kier molecular flexibility index (Phi) is 4.79. The minimum absolute atomic E-state index is 0.0730. The second kappa shape index (κ2) is 7.73. The van der Waals surface area contributed by atoms with Gasteiger partial charge in [-0.05, 0) is 31.9 Å². The van der Waals surface area contributed by atoms with E-state index in [0.717, 1.165) is 23.8 Å². The van der Waals surface area contributed by atoms with Crippen molar-refractivity contribution in [2.45, 2.75) is 31.8 Å². The first-order valence-corrected chi connectivity index (χ1v) is 11.8. The van der Waals surface area contributed by atoms with Gasteiger partial charge in [0.05, 0.1) is 6.61 Å². The number of ether oxygens (including phenoxy) is 1. The number of nitrogens with zero attached hydrogens (tertiary/aromatic N) is 4. The average molecular weight is 466 g/mol. The molecule has 6 rings (SSSR count). The maximum absolute atomic E-state index is 13.4. The van der Waals surface area contributed by atoms with Crippen molar-refractivity contribution in [2.24, 2.45) is 11.8 Å². The molecule has 3 heterocycles. The predicted octanol–water partition coefficient (Wildman–Crippen LogP) is 3.95. The van der Waals surface area contributed by atoms with Gasteiger partial charge in [0, 0.05) is 64.7 Å². The Hall–Kier alpha value is -3.13. The molecular formula is C24H24ClN5O3. The van der Waals surface area contributed by atoms with Crippen molar-refractivity contribution < 1.29 is 9.53 Å². The van der Waals surface area contributed by atoms with Crippen molar-refractivity contribution in [1.82, 2.24) is 19.4 Å². The standard InChI is InChI=1S/C24H24ClN5O3/c1-2-33-24(32)29-11-17-18(12-29)20(17)27-23-26-10-13-9-16(15-5-3-4-6-19(15)25)22(31)30(14-7-8-14)21(13)28-23/h3-6,9-10,14,17-18,20H,2,7-8,11-12H2,1H3,(H,26,27,28). The number of rotatable bonds is 5. The number of benzene rings is 1. The molecule has 8 nitrogen and oxygen atoms in total. The first kappa shape index (κ1) is 20.5. The lowest BCUT2D eigenvalue weighted by Crippen LogP contribution is -2.34. The molecule has 3 fully saturated rings. The Labute approximate surface area is 195 Å². The van der Waals surface area contributed by atoms with Crippen LogP contribution in [-0.2, 0) is 4.74 Å². The highest BCUT2D eigenvalue weighted by Crippen LogP contribution is 2.47. The molecule has 2 unspecified atom stereocenters. The molecule has 1 aliphatic heterocycles. The van der Waals surface area contributed by atoms with E-state index in [2.05, 4.69) is 10.3 Å². The summed E-state index contributed by atoms with van der Waals surface area (Å²) in [5.74, 6) is 1.27. The van der Waals surface area contributed by atoms with Crippen LogP contribution >= 0.6 is 11.6 Å². The number of hydrogen-bond acceptors (Lipinski definition) is 6. The van der Waals surface area contributed by atoms with Crippen LogP contribution in [-0.4, -0.2) is 51.3 Å². The Morgan fingerprint density at radius 1 is 1.21 bits per heavy atom. The first-order valence-electron chi connectivity index (χ1n) is 11.4. The van der Waals surface area contributed by atoms with Crippen molar-refractivity contribution in [2.75, 3.05) is 25.0 Å². The van der Waals surface area contributed by atoms with E-state index in [1.54, 1.807) is 21.7 Å². The third kappa shape index (κ3) is 3.53. The van der Waals surface area contributed by atoms with Gasteiger partial charge in [-0.3, -0.25) is 9.36 Å². The van der Waals surface area contributed by atoms with Crippen molar-refractivity contribution in [1.29, 1.82) is 0 Å². The van der Waals surface area contributed by atoms with Crippen LogP contribution in [0, 0.1) is 11.8 Å². The fourth-order valence-electron chi connectivity index (χ4n) is 4.99. The van der Waals surface area contributed by atoms with Crippen LogP contribution in [0.2, 0.25) is 5.02 Å². The average Bonchev–Trinajstić information content (AvgIpc) is 3.71. The third-order valence-electron chi connectivity index (χ3n) is 6.86. The number of nitrogens with one attached hydrogen (secondary N) is 1. The topological polar surface area (TPSA) is 89.4 Å². The van der Waals surface area contributed by atoms with Gasteiger partial charge in [0.15, 0.2) is 0 Å². The monoisotopic (exact) mass is 465 g/mol. The fourth-order valence-corrected chi connectivity index (χ4v) is 5.22. The summed E-state index contributed by atoms with van der Waals surface area (Å²) in [7, 11) is 0. The number of anilines is 1. The first-order chi connectivity index (χ1) is 16.0. The molecule has 1 saturated heterocycles. The summed E-state index contributed by atoms with van der Waals surface area (Å²) in [5, 5.41) is 4.79. The van der Waals surface area contributed by atoms with Crippen molar-refractivity contribution >= 4 is 34.7 Å². The Balaban J connectivity index is 1.29. The van der Waals surface area contributed by atoms with E-state index in [1.807, 2.05) is 31.2 Å². The van der Waals surface area contributed by atoms with E-state index < -0.39 is 0 Å². The Morgan fingerprint density at radius 2 is 1.97 bits per heavy atom. The molecule has 170 valence electrons. The molecule has 0 radical (unpaired) electrons. The van der Waals surface area contributed by atoms with E-state index >= 15 is 0 Å². The number of carbonyl (C=O) groups is 1. The highest BCUT2D eigenvalue weighted by molar-refractivity contribution is 6.33. The number of aromatic nitrogens is 3. The number of pyridine rings is 1. The van der Waals surface area contributed by atoms with Gasteiger partial charge >= 0.3 is 6.09 Å². The van der Waals surface area contributed by atoms with Crippen LogP contribution in [0.1, 0.15) is 25.8 Å². The molecule has 2 aromatic heterocycles. The second-order valence-electron chi connectivity index (χ2n) is 9.02. The summed E-state index contributed by atoms with van der Waals surface area (Å²) in [6.45, 7) is 3.57. The lowest BCUT2D eigenvalue weighted by atomic mass is 10.1. The number of hydrogen-bond donors (Lipinski definition) is 1. The van der Waals surface area contributed by atoms with Gasteiger partial charge in [-0.1, -0.05) is 29.8 Å². The number of amides is 1. The predicted molar refractivity (Wildman–Crippen MR) is 126 cm³/mol. The molecule has 1 aromatic carbocycles. The SMILES string of the molecule is CCOC(=O)N1CC2C(C1)C2Nc1ncc2cc(-c3ccccc3Cl)c(=O)n(C3CC3)c2n1. The molecule has 0 spiro atoms. The summed E-state index contributed by atoms with van der Waals surface area (Å²) in [5.41, 5.74) is 1.87. The van der Waals surface area contributed by atoms with Gasteiger partial charge in [-0.15, -0.1) is 0 Å². The Morgan fingerprint density at radius 3 is 2.67 bits per heavy atom. The van der Waals surface area contributed by atoms with Crippen LogP contribution in [0.15, 0.2) is 41.3 Å². The molecule has 3 aromatic rings. The van der Waals surface area contributed by atoms with E-state index in [0.29, 0.717) is 53.7 Å². The minimum Gasteiger partial charge on any atom is -0.450 e. The number of likely N-dealkylation sites (tertiary alicyclic amines) is 1. The summed E-state index contributed by atoms with van der Waals surface area (Å²) >= 11 is 6.39. The molecule has 9 heteroatoms. The van der Waals surface area contributed by atoms with Gasteiger partial charge in [-0.25, -0.2) is 9.78 Å². The maximum Gasteiger partial charge on any atom is 0.409 e. The van der Waals surface area contributed by atoms with Crippen molar-refractivity contribution in [3.8, 4) is 11.1 Å². The van der Waals surface area contributed by atoms with Gasteiger partial charge in [0.1, 0.15) is 5.65 Å². The number of halogens is 1. The third-order valence-corrected chi connectivity index (χ3v) is 7.19. The van der Waals surface area contributed by atoms with E-state index in [1.165, 1.54) is 0 Å². The quantitative estimate of drug-likeness (QED) is 0.613. The van der Waals surface area contributed by atoms with Crippen LogP contribution in [0.3, 0.4) is 0 Å². The second-order valence-corrected chi connectivity index (χ2v) is 9.43. The number of fused-ring (bicyclic) bond motifs is 2. The molecule has 2 saturated carbocycles. The summed E-state index contributed by atoms with van der Waals surface area (Å²) in [4.78, 5) is 36.4. The zero-order valence-electron chi connectivity index (χ0n) is 18.2. The normalized spacial score (nSPS) is 23.5. The minimum atomic E-state index is -0.242. The Bertz CT molecular complexity index is 1310. The number of piperidine rings is 1. The fraction of sp³-hybridized carbons (Fsp3) is 0.417. The zero-order valence-corrected chi connectivity index (χ0v) is 19.0. The molecule has 0 bridgehead atoms. The summed E-state index contributed by atoms with van der Waals surface area (Å²) < 4.78 is 6.90. The van der Waals surface area contributed by atoms with Crippen LogP contribution < -0.4 is 10.9 Å². The summed E-state index contributed by atoms with van der Waals surface area (Å²) in [6, 6.07) is 9.62. The highest BCUT2D eigenvalue weighted by Gasteiger charge is 2.57. The molecule has 2 atom stereocenters. The molecule has 2 aliphatic carbocycles. The number of carbonyl (C=O) groups excluding carboxylic acids is 1. The van der Waals surface area contributed by atoms with Gasteiger partial charge in [0.25, 0.3) is 5.56 Å². The lowest BCUT2D eigenvalue weighted by Gasteiger charge is -2.19. The molecular weight excluding hydrogens is 442 g/mol. The lowest BCUT2D eigenvalue weighted by molar-refractivity contribution is 0.111. The van der Waals surface area contributed by atoms with Crippen LogP contribution in [0.5, 0.6) is 0 Å². The maximum atomic E-state index is 13.4. The van der Waals surface area contributed by atoms with Crippen LogP contribution in [0.25, 0.3) is 22.2 Å². The van der Waals surface area contributed by atoms with Crippen molar-refractivity contribution in [3.63, 3.8) is 0 Å². The largest absolute Gasteiger partial charge is 0.450 e. The van der Waals surface area contributed by atoms with E-state index in [4.69, 9.17) is 21.3 Å². The van der Waals surface area contributed by atoms with E-state index in [9.17, 15) is 9.59 Å². The van der Waals surface area contributed by atoms with Gasteiger partial charge in [0.2, 0.25) is 5.95 Å². The molecule has 1 N–H and O–H groups in total.